The van der Waals surface area contributed by atoms with Gasteiger partial charge in [0.15, 0.2) is 0 Å². The molecule has 0 bridgehead atoms. The number of rotatable bonds is 4. The summed E-state index contributed by atoms with van der Waals surface area (Å²) in [5.74, 6) is 0. The van der Waals surface area contributed by atoms with Crippen LogP contribution in [0.25, 0.3) is 0 Å². The molecular formula is C12H27NO2S. The third-order valence-electron chi connectivity index (χ3n) is 2.44. The van der Waals surface area contributed by atoms with Gasteiger partial charge in [-0.1, -0.05) is 20.8 Å². The molecule has 0 saturated carbocycles. The highest BCUT2D eigenvalue weighted by atomic mass is 32.2. The van der Waals surface area contributed by atoms with E-state index in [4.69, 9.17) is 0 Å². The van der Waals surface area contributed by atoms with Gasteiger partial charge in [0.1, 0.15) is 0 Å². The molecule has 98 valence electrons. The van der Waals surface area contributed by atoms with Gasteiger partial charge in [-0.2, -0.15) is 4.31 Å². The van der Waals surface area contributed by atoms with Crippen LogP contribution in [0.1, 0.15) is 54.4 Å². The molecule has 4 heteroatoms. The molecule has 0 heterocycles. The minimum Gasteiger partial charge on any atom is -0.212 e. The quantitative estimate of drug-likeness (QED) is 0.768. The summed E-state index contributed by atoms with van der Waals surface area (Å²) < 4.78 is 24.9. The van der Waals surface area contributed by atoms with Crippen LogP contribution in [0.2, 0.25) is 0 Å². The summed E-state index contributed by atoms with van der Waals surface area (Å²) in [6.45, 7) is 12.9. The van der Waals surface area contributed by atoms with E-state index >= 15 is 0 Å². The van der Waals surface area contributed by atoms with Crippen LogP contribution >= 0.6 is 0 Å². The first-order valence-electron chi connectivity index (χ1n) is 5.82. The highest BCUT2D eigenvalue weighted by Crippen LogP contribution is 2.23. The van der Waals surface area contributed by atoms with Gasteiger partial charge in [0.25, 0.3) is 0 Å². The lowest BCUT2D eigenvalue weighted by Crippen LogP contribution is -2.45. The van der Waals surface area contributed by atoms with Gasteiger partial charge in [-0.05, 0) is 39.0 Å². The van der Waals surface area contributed by atoms with Gasteiger partial charge >= 0.3 is 0 Å². The van der Waals surface area contributed by atoms with E-state index in [0.717, 1.165) is 12.8 Å². The monoisotopic (exact) mass is 249 g/mol. The molecule has 0 saturated heterocycles. The Bertz CT molecular complexity index is 307. The lowest BCUT2D eigenvalue weighted by Gasteiger charge is -2.34. The molecular weight excluding hydrogens is 222 g/mol. The predicted molar refractivity (Wildman–Crippen MR) is 70.0 cm³/mol. The third-order valence-corrected chi connectivity index (χ3v) is 3.97. The molecule has 0 aliphatic heterocycles. The van der Waals surface area contributed by atoms with Crippen LogP contribution < -0.4 is 0 Å². The van der Waals surface area contributed by atoms with Gasteiger partial charge in [0.05, 0.1) is 6.26 Å². The minimum atomic E-state index is -3.11. The van der Waals surface area contributed by atoms with Crippen LogP contribution in [0.3, 0.4) is 0 Å². The molecule has 0 aromatic carbocycles. The zero-order chi connectivity index (χ0) is 13.2. The first-order valence-corrected chi connectivity index (χ1v) is 7.67. The molecule has 0 rings (SSSR count). The standard InChI is InChI=1S/C12H27NO2S/c1-11(2,3)9-8-10-13(12(4,5)6)16(7,14)15/h8-10H2,1-7H3. The molecule has 16 heavy (non-hydrogen) atoms. The van der Waals surface area contributed by atoms with Crippen LogP contribution in [-0.4, -0.2) is 31.1 Å². The van der Waals surface area contributed by atoms with Crippen molar-refractivity contribution in [1.82, 2.24) is 4.31 Å². The number of nitrogens with zero attached hydrogens (tertiary/aromatic N) is 1. The maximum Gasteiger partial charge on any atom is 0.211 e. The average Bonchev–Trinajstić information content (AvgIpc) is 1.90. The van der Waals surface area contributed by atoms with Gasteiger partial charge in [0.2, 0.25) is 10.0 Å². The second-order valence-electron chi connectivity index (χ2n) is 6.67. The Labute approximate surface area is 101 Å². The van der Waals surface area contributed by atoms with Crippen molar-refractivity contribution in [3.63, 3.8) is 0 Å². The fraction of sp³-hybridized carbons (Fsp3) is 1.00. The Morgan fingerprint density at radius 1 is 1.00 bits per heavy atom. The molecule has 0 fully saturated rings. The molecule has 0 aromatic heterocycles. The molecule has 0 unspecified atom stereocenters. The van der Waals surface area contributed by atoms with E-state index in [1.807, 2.05) is 20.8 Å². The van der Waals surface area contributed by atoms with Crippen molar-refractivity contribution in [2.45, 2.75) is 59.9 Å². The number of sulfonamides is 1. The second kappa shape index (κ2) is 5.05. The van der Waals surface area contributed by atoms with Crippen molar-refractivity contribution < 1.29 is 8.42 Å². The summed E-state index contributed by atoms with van der Waals surface area (Å²) in [4.78, 5) is 0. The van der Waals surface area contributed by atoms with E-state index < -0.39 is 10.0 Å². The van der Waals surface area contributed by atoms with E-state index in [2.05, 4.69) is 20.8 Å². The molecule has 0 aliphatic carbocycles. The molecule has 0 aromatic rings. The van der Waals surface area contributed by atoms with Crippen molar-refractivity contribution in [3.05, 3.63) is 0 Å². The topological polar surface area (TPSA) is 37.4 Å². The van der Waals surface area contributed by atoms with E-state index in [-0.39, 0.29) is 11.0 Å². The first-order chi connectivity index (χ1) is 6.84. The Hall–Kier alpha value is -0.0900. The molecule has 3 nitrogen and oxygen atoms in total. The van der Waals surface area contributed by atoms with E-state index in [1.165, 1.54) is 6.26 Å². The minimum absolute atomic E-state index is 0.265. The van der Waals surface area contributed by atoms with Crippen LogP contribution in [0.4, 0.5) is 0 Å². The van der Waals surface area contributed by atoms with Gasteiger partial charge in [0, 0.05) is 12.1 Å². The predicted octanol–water partition coefficient (Wildman–Crippen LogP) is 2.87. The SMILES string of the molecule is CC(C)(C)CCCN(C(C)(C)C)S(C)(=O)=O. The molecule has 0 amide bonds. The summed E-state index contributed by atoms with van der Waals surface area (Å²) in [6.07, 6.45) is 3.23. The average molecular weight is 249 g/mol. The molecule has 0 spiro atoms. The molecule has 0 aliphatic rings. The largest absolute Gasteiger partial charge is 0.212 e. The van der Waals surface area contributed by atoms with E-state index in [0.29, 0.717) is 6.54 Å². The Morgan fingerprint density at radius 3 is 1.69 bits per heavy atom. The second-order valence-corrected chi connectivity index (χ2v) is 8.58. The normalized spacial score (nSPS) is 14.5. The Kier molecular flexibility index (Phi) is 5.02. The third kappa shape index (κ3) is 6.48. The van der Waals surface area contributed by atoms with Gasteiger partial charge in [-0.3, -0.25) is 0 Å². The number of hydrogen-bond donors (Lipinski definition) is 0. The molecule has 0 atom stereocenters. The number of hydrogen-bond acceptors (Lipinski definition) is 2. The Balaban J connectivity index is 4.50. The van der Waals surface area contributed by atoms with Crippen LogP contribution in [0.15, 0.2) is 0 Å². The van der Waals surface area contributed by atoms with Gasteiger partial charge < -0.3 is 0 Å². The lowest BCUT2D eigenvalue weighted by molar-refractivity contribution is 0.233. The van der Waals surface area contributed by atoms with E-state index in [1.54, 1.807) is 4.31 Å². The summed E-state index contributed by atoms with van der Waals surface area (Å²) in [5, 5.41) is 0. The maximum atomic E-state index is 11.7. The van der Waals surface area contributed by atoms with Crippen molar-refractivity contribution in [2.24, 2.45) is 5.41 Å². The summed E-state index contributed by atoms with van der Waals surface area (Å²) in [6, 6.07) is 0. The highest BCUT2D eigenvalue weighted by molar-refractivity contribution is 7.88. The first kappa shape index (κ1) is 15.9. The smallest absolute Gasteiger partial charge is 0.211 e. The van der Waals surface area contributed by atoms with Crippen LogP contribution in [0.5, 0.6) is 0 Å². The van der Waals surface area contributed by atoms with Crippen molar-refractivity contribution in [1.29, 1.82) is 0 Å². The highest BCUT2D eigenvalue weighted by Gasteiger charge is 2.29. The lowest BCUT2D eigenvalue weighted by atomic mass is 9.90. The zero-order valence-corrected chi connectivity index (χ0v) is 12.6. The van der Waals surface area contributed by atoms with Crippen LogP contribution in [0, 0.1) is 5.41 Å². The van der Waals surface area contributed by atoms with Crippen molar-refractivity contribution in [3.8, 4) is 0 Å². The molecule has 0 N–H and O–H groups in total. The van der Waals surface area contributed by atoms with E-state index in [9.17, 15) is 8.42 Å². The summed E-state index contributed by atoms with van der Waals surface area (Å²) in [5.41, 5.74) is -0.0630. The van der Waals surface area contributed by atoms with Crippen molar-refractivity contribution in [2.75, 3.05) is 12.8 Å². The van der Waals surface area contributed by atoms with Gasteiger partial charge in [-0.15, -0.1) is 0 Å². The van der Waals surface area contributed by atoms with Gasteiger partial charge in [-0.25, -0.2) is 8.42 Å². The Morgan fingerprint density at radius 2 is 1.44 bits per heavy atom. The molecule has 0 radical (unpaired) electrons. The van der Waals surface area contributed by atoms with Crippen LogP contribution in [-0.2, 0) is 10.0 Å². The fourth-order valence-corrected chi connectivity index (χ4v) is 3.21. The summed E-state index contributed by atoms with van der Waals surface area (Å²) >= 11 is 0. The fourth-order valence-electron chi connectivity index (χ4n) is 1.75. The van der Waals surface area contributed by atoms with Crippen molar-refractivity contribution >= 4 is 10.0 Å². The maximum absolute atomic E-state index is 11.7. The summed E-state index contributed by atoms with van der Waals surface area (Å²) in [7, 11) is -3.11. The zero-order valence-electron chi connectivity index (χ0n) is 11.8.